The van der Waals surface area contributed by atoms with E-state index < -0.39 is 5.97 Å². The number of rotatable bonds is 3. The topological polar surface area (TPSA) is 63.3 Å². The second-order valence-electron chi connectivity index (χ2n) is 3.97. The molecule has 1 aliphatic carbocycles. The summed E-state index contributed by atoms with van der Waals surface area (Å²) in [4.78, 5) is 10.9. The first-order valence-corrected chi connectivity index (χ1v) is 5.15. The summed E-state index contributed by atoms with van der Waals surface area (Å²) in [5, 5.41) is 8.99. The molecule has 0 aliphatic heterocycles. The molecule has 13 heavy (non-hydrogen) atoms. The summed E-state index contributed by atoms with van der Waals surface area (Å²) < 4.78 is 0. The van der Waals surface area contributed by atoms with E-state index in [-0.39, 0.29) is 17.9 Å². The Balaban J connectivity index is 2.60. The highest BCUT2D eigenvalue weighted by Gasteiger charge is 2.32. The van der Waals surface area contributed by atoms with Gasteiger partial charge in [-0.25, -0.2) is 0 Å². The number of carboxylic acids is 1. The average Bonchev–Trinajstić information content (AvgIpc) is 2.09. The number of nitrogens with two attached hydrogens (primary N) is 1. The molecular formula is C10H19NO2. The highest BCUT2D eigenvalue weighted by Crippen LogP contribution is 2.31. The zero-order valence-corrected chi connectivity index (χ0v) is 8.20. The Kier molecular flexibility index (Phi) is 3.72. The molecule has 0 bridgehead atoms. The van der Waals surface area contributed by atoms with E-state index in [1.165, 1.54) is 0 Å². The van der Waals surface area contributed by atoms with E-state index in [0.29, 0.717) is 6.42 Å². The van der Waals surface area contributed by atoms with Crippen molar-refractivity contribution in [1.82, 2.24) is 0 Å². The van der Waals surface area contributed by atoms with E-state index in [2.05, 4.69) is 0 Å². The van der Waals surface area contributed by atoms with Crippen LogP contribution in [0, 0.1) is 11.8 Å². The fraction of sp³-hybridized carbons (Fsp3) is 0.900. The van der Waals surface area contributed by atoms with Gasteiger partial charge >= 0.3 is 5.97 Å². The predicted octanol–water partition coefficient (Wildman–Crippen LogP) is 1.61. The van der Waals surface area contributed by atoms with Gasteiger partial charge in [-0.3, -0.25) is 4.79 Å². The van der Waals surface area contributed by atoms with Crippen molar-refractivity contribution in [1.29, 1.82) is 0 Å². The van der Waals surface area contributed by atoms with Crippen molar-refractivity contribution in [3.05, 3.63) is 0 Å². The van der Waals surface area contributed by atoms with Gasteiger partial charge in [0.25, 0.3) is 0 Å². The van der Waals surface area contributed by atoms with Crippen molar-refractivity contribution in [2.45, 2.75) is 45.1 Å². The first-order chi connectivity index (χ1) is 6.16. The third-order valence-electron chi connectivity index (χ3n) is 3.15. The summed E-state index contributed by atoms with van der Waals surface area (Å²) in [6.45, 7) is 1.93. The van der Waals surface area contributed by atoms with Crippen molar-refractivity contribution in [2.75, 3.05) is 0 Å². The molecule has 1 saturated carbocycles. The molecule has 0 heterocycles. The Bertz CT molecular complexity index is 182. The van der Waals surface area contributed by atoms with Gasteiger partial charge < -0.3 is 10.8 Å². The zero-order valence-electron chi connectivity index (χ0n) is 8.20. The normalized spacial score (nSPS) is 31.2. The second-order valence-corrected chi connectivity index (χ2v) is 3.97. The molecule has 3 N–H and O–H groups in total. The van der Waals surface area contributed by atoms with Crippen molar-refractivity contribution in [3.63, 3.8) is 0 Å². The van der Waals surface area contributed by atoms with Crippen LogP contribution in [0.4, 0.5) is 0 Å². The molecule has 0 aromatic rings. The van der Waals surface area contributed by atoms with Crippen LogP contribution in [0.1, 0.15) is 39.0 Å². The van der Waals surface area contributed by atoms with Gasteiger partial charge in [0.1, 0.15) is 0 Å². The predicted molar refractivity (Wildman–Crippen MR) is 51.4 cm³/mol. The maximum Gasteiger partial charge on any atom is 0.306 e. The van der Waals surface area contributed by atoms with E-state index >= 15 is 0 Å². The van der Waals surface area contributed by atoms with Crippen LogP contribution in [0.15, 0.2) is 0 Å². The van der Waals surface area contributed by atoms with Gasteiger partial charge in [0.15, 0.2) is 0 Å². The number of hydrogen-bond acceptors (Lipinski definition) is 2. The Morgan fingerprint density at radius 2 is 2.15 bits per heavy atom. The lowest BCUT2D eigenvalue weighted by molar-refractivity contribution is -0.144. The molecule has 3 atom stereocenters. The molecule has 3 nitrogen and oxygen atoms in total. The number of aliphatic carboxylic acids is 1. The van der Waals surface area contributed by atoms with Gasteiger partial charge in [0, 0.05) is 6.04 Å². The van der Waals surface area contributed by atoms with Crippen molar-refractivity contribution < 1.29 is 9.90 Å². The summed E-state index contributed by atoms with van der Waals surface area (Å²) in [7, 11) is 0. The van der Waals surface area contributed by atoms with Crippen LogP contribution >= 0.6 is 0 Å². The quantitative estimate of drug-likeness (QED) is 0.702. The van der Waals surface area contributed by atoms with Crippen LogP contribution in [0.3, 0.4) is 0 Å². The lowest BCUT2D eigenvalue weighted by Crippen LogP contribution is -2.40. The van der Waals surface area contributed by atoms with Crippen molar-refractivity contribution >= 4 is 5.97 Å². The van der Waals surface area contributed by atoms with Gasteiger partial charge in [0.2, 0.25) is 0 Å². The average molecular weight is 185 g/mol. The van der Waals surface area contributed by atoms with Crippen molar-refractivity contribution in [2.24, 2.45) is 17.6 Å². The molecule has 3 unspecified atom stereocenters. The summed E-state index contributed by atoms with van der Waals surface area (Å²) in [6, 6.07) is 0.106. The van der Waals surface area contributed by atoms with Crippen LogP contribution in [0.5, 0.6) is 0 Å². The fourth-order valence-corrected chi connectivity index (χ4v) is 2.35. The van der Waals surface area contributed by atoms with Gasteiger partial charge in [-0.1, -0.05) is 19.8 Å². The van der Waals surface area contributed by atoms with E-state index in [4.69, 9.17) is 10.8 Å². The van der Waals surface area contributed by atoms with E-state index in [1.54, 1.807) is 0 Å². The lowest BCUT2D eigenvalue weighted by Gasteiger charge is -2.32. The first-order valence-electron chi connectivity index (χ1n) is 5.15. The monoisotopic (exact) mass is 185 g/mol. The molecule has 0 saturated heterocycles. The van der Waals surface area contributed by atoms with Crippen LogP contribution in [-0.2, 0) is 4.79 Å². The van der Waals surface area contributed by atoms with E-state index in [9.17, 15) is 4.79 Å². The maximum absolute atomic E-state index is 10.9. The summed E-state index contributed by atoms with van der Waals surface area (Å²) in [5.74, 6) is -0.698. The highest BCUT2D eigenvalue weighted by atomic mass is 16.4. The summed E-state index contributed by atoms with van der Waals surface area (Å²) >= 11 is 0. The smallest absolute Gasteiger partial charge is 0.306 e. The second kappa shape index (κ2) is 4.61. The van der Waals surface area contributed by atoms with E-state index in [1.807, 2.05) is 6.92 Å². The Morgan fingerprint density at radius 1 is 1.54 bits per heavy atom. The number of carbonyl (C=O) groups is 1. The Labute approximate surface area is 79.3 Å². The minimum atomic E-state index is -0.676. The minimum absolute atomic E-state index is 0.106. The third-order valence-corrected chi connectivity index (χ3v) is 3.15. The fourth-order valence-electron chi connectivity index (χ4n) is 2.35. The molecule has 0 aromatic carbocycles. The summed E-state index contributed by atoms with van der Waals surface area (Å²) in [6.07, 6.45) is 4.99. The van der Waals surface area contributed by atoms with Gasteiger partial charge in [-0.2, -0.15) is 0 Å². The Hall–Kier alpha value is -0.570. The highest BCUT2D eigenvalue weighted by molar-refractivity contribution is 5.70. The van der Waals surface area contributed by atoms with Crippen LogP contribution in [-0.4, -0.2) is 17.1 Å². The summed E-state index contributed by atoms with van der Waals surface area (Å²) in [5.41, 5.74) is 5.93. The molecule has 0 aromatic heterocycles. The van der Waals surface area contributed by atoms with Gasteiger partial charge in [-0.05, 0) is 25.2 Å². The largest absolute Gasteiger partial charge is 0.481 e. The Morgan fingerprint density at radius 3 is 2.62 bits per heavy atom. The molecule has 3 heteroatoms. The molecule has 0 radical (unpaired) electrons. The van der Waals surface area contributed by atoms with Crippen LogP contribution in [0.25, 0.3) is 0 Å². The van der Waals surface area contributed by atoms with Crippen LogP contribution < -0.4 is 5.73 Å². The molecule has 1 rings (SSSR count). The van der Waals surface area contributed by atoms with Gasteiger partial charge in [-0.15, -0.1) is 0 Å². The lowest BCUT2D eigenvalue weighted by atomic mass is 9.76. The molecule has 76 valence electrons. The molecular weight excluding hydrogens is 166 g/mol. The molecule has 1 aliphatic rings. The maximum atomic E-state index is 10.9. The van der Waals surface area contributed by atoms with Crippen LogP contribution in [0.2, 0.25) is 0 Å². The number of hydrogen-bond donors (Lipinski definition) is 2. The minimum Gasteiger partial charge on any atom is -0.481 e. The first kappa shape index (κ1) is 10.5. The number of carboxylic acid groups (broad SMARTS) is 1. The molecule has 1 fully saturated rings. The van der Waals surface area contributed by atoms with E-state index in [0.717, 1.165) is 25.7 Å². The van der Waals surface area contributed by atoms with Crippen molar-refractivity contribution in [3.8, 4) is 0 Å². The van der Waals surface area contributed by atoms with Gasteiger partial charge in [0.05, 0.1) is 5.92 Å². The standard InChI is InChI=1S/C10H19NO2/c1-2-7(10(12)13)8-5-3-4-6-9(8)11/h7-9H,2-6,11H2,1H3,(H,12,13). The molecule has 0 amide bonds. The third kappa shape index (κ3) is 2.44. The molecule has 0 spiro atoms. The zero-order chi connectivity index (χ0) is 9.84. The SMILES string of the molecule is CCC(C(=O)O)C1CCCCC1N.